The van der Waals surface area contributed by atoms with E-state index in [1.165, 1.54) is 0 Å². The number of allylic oxidation sites excluding steroid dienone is 3. The summed E-state index contributed by atoms with van der Waals surface area (Å²) in [5.41, 5.74) is 1.62. The van der Waals surface area contributed by atoms with Crippen LogP contribution >= 0.6 is 0 Å². The Morgan fingerprint density at radius 3 is 2.50 bits per heavy atom. The number of methoxy groups -OCH3 is 1. The zero-order valence-electron chi connectivity index (χ0n) is 19.2. The fourth-order valence-corrected chi connectivity index (χ4v) is 4.54. The quantitative estimate of drug-likeness (QED) is 0.533. The van der Waals surface area contributed by atoms with E-state index in [-0.39, 0.29) is 17.1 Å². The minimum atomic E-state index is -0.488. The number of hydrogen-bond donors (Lipinski definition) is 0. The Bertz CT molecular complexity index is 1020. The predicted octanol–water partition coefficient (Wildman–Crippen LogP) is 3.46. The average Bonchev–Trinajstić information content (AvgIpc) is 2.77. The highest BCUT2D eigenvalue weighted by atomic mass is 16.5. The number of rotatable bonds is 4. The number of hydrogen-bond acceptors (Lipinski definition) is 6. The molecular formula is C25H30N4O3. The second kappa shape index (κ2) is 8.79. The second-order valence-corrected chi connectivity index (χ2v) is 9.50. The molecule has 1 atom stereocenters. The Labute approximate surface area is 189 Å². The summed E-state index contributed by atoms with van der Waals surface area (Å²) in [4.78, 5) is 22.2. The van der Waals surface area contributed by atoms with Crippen LogP contribution in [0.5, 0.6) is 5.75 Å². The molecule has 168 valence electrons. The first kappa shape index (κ1) is 22.1. The molecule has 0 bridgehead atoms. The Hall–Kier alpha value is -3.11. The Balaban J connectivity index is 1.75. The van der Waals surface area contributed by atoms with Crippen molar-refractivity contribution < 1.29 is 14.3 Å². The molecule has 0 spiro atoms. The zero-order chi connectivity index (χ0) is 22.9. The number of Topliss-reactive ketones (excluding diaryl/α,β-unsaturated/α-hetero) is 1. The van der Waals surface area contributed by atoms with Gasteiger partial charge in [-0.15, -0.1) is 0 Å². The molecule has 0 saturated carbocycles. The molecule has 32 heavy (non-hydrogen) atoms. The predicted molar refractivity (Wildman–Crippen MR) is 122 cm³/mol. The third-order valence-electron chi connectivity index (χ3n) is 6.35. The van der Waals surface area contributed by atoms with Crippen molar-refractivity contribution in [2.45, 2.75) is 32.6 Å². The topological polar surface area (TPSA) is 78.2 Å². The van der Waals surface area contributed by atoms with Crippen molar-refractivity contribution >= 4 is 12.1 Å². The lowest BCUT2D eigenvalue weighted by Gasteiger charge is -2.37. The summed E-state index contributed by atoms with van der Waals surface area (Å²) in [6, 6.07) is 9.82. The number of nitrogens with zero attached hydrogens (tertiary/aromatic N) is 4. The van der Waals surface area contributed by atoms with Crippen molar-refractivity contribution in [3.05, 3.63) is 52.6 Å². The summed E-state index contributed by atoms with van der Waals surface area (Å²) in [6.07, 6.45) is 2.83. The lowest BCUT2D eigenvalue weighted by Crippen LogP contribution is -2.43. The third-order valence-corrected chi connectivity index (χ3v) is 6.35. The molecule has 2 aliphatic heterocycles. The number of likely N-dealkylation sites (N-methyl/N-ethyl adjacent to an activating group) is 1. The summed E-state index contributed by atoms with van der Waals surface area (Å²) >= 11 is 0. The Morgan fingerprint density at radius 1 is 1.19 bits per heavy atom. The number of carbonyl (C=O) groups excluding carboxylic acids is 1. The summed E-state index contributed by atoms with van der Waals surface area (Å²) < 4.78 is 11.5. The summed E-state index contributed by atoms with van der Waals surface area (Å²) in [5, 5.41) is 10.1. The summed E-state index contributed by atoms with van der Waals surface area (Å²) in [5.74, 6) is 1.19. The van der Waals surface area contributed by atoms with Crippen LogP contribution < -0.4 is 4.74 Å². The smallest absolute Gasteiger partial charge is 0.235 e. The second-order valence-electron chi connectivity index (χ2n) is 9.50. The maximum Gasteiger partial charge on any atom is 0.235 e. The van der Waals surface area contributed by atoms with Crippen LogP contribution in [0.15, 0.2) is 52.0 Å². The van der Waals surface area contributed by atoms with Gasteiger partial charge in [0.1, 0.15) is 23.2 Å². The highest BCUT2D eigenvalue weighted by Crippen LogP contribution is 2.48. The van der Waals surface area contributed by atoms with Crippen molar-refractivity contribution in [2.24, 2.45) is 10.4 Å². The number of piperazine rings is 1. The lowest BCUT2D eigenvalue weighted by molar-refractivity contribution is -0.119. The van der Waals surface area contributed by atoms with Gasteiger partial charge in [0.15, 0.2) is 5.78 Å². The molecule has 2 heterocycles. The van der Waals surface area contributed by atoms with Crippen LogP contribution in [0.3, 0.4) is 0 Å². The van der Waals surface area contributed by atoms with Crippen LogP contribution in [0, 0.1) is 16.7 Å². The van der Waals surface area contributed by atoms with E-state index >= 15 is 0 Å². The number of carbonyl (C=O) groups is 1. The van der Waals surface area contributed by atoms with Gasteiger partial charge in [0.2, 0.25) is 5.88 Å². The molecule has 1 unspecified atom stereocenters. The highest BCUT2D eigenvalue weighted by Gasteiger charge is 2.43. The van der Waals surface area contributed by atoms with Gasteiger partial charge in [0.05, 0.1) is 19.4 Å². The van der Waals surface area contributed by atoms with Crippen LogP contribution in [-0.4, -0.2) is 62.3 Å². The zero-order valence-corrected chi connectivity index (χ0v) is 19.2. The molecule has 7 nitrogen and oxygen atoms in total. The first-order valence-corrected chi connectivity index (χ1v) is 11.0. The fraction of sp³-hybridized carbons (Fsp3) is 0.480. The largest absolute Gasteiger partial charge is 0.497 e. The van der Waals surface area contributed by atoms with Crippen LogP contribution in [0.4, 0.5) is 0 Å². The molecule has 7 heteroatoms. The van der Waals surface area contributed by atoms with E-state index in [9.17, 15) is 10.1 Å². The first-order chi connectivity index (χ1) is 15.3. The average molecular weight is 435 g/mol. The van der Waals surface area contributed by atoms with Crippen molar-refractivity contribution in [2.75, 3.05) is 40.3 Å². The third kappa shape index (κ3) is 4.42. The van der Waals surface area contributed by atoms with Gasteiger partial charge >= 0.3 is 0 Å². The van der Waals surface area contributed by atoms with Gasteiger partial charge in [0, 0.05) is 44.6 Å². The van der Waals surface area contributed by atoms with Gasteiger partial charge < -0.3 is 19.3 Å². The standard InChI is InChI=1S/C25H30N4O3/c1-25(2)13-20(30)23-21(14-25)32-24(27-16-29-11-9-28(3)10-12-29)19(15-26)22(23)17-5-7-18(31-4)8-6-17/h5-8,16,22H,9-14H2,1-4H3. The molecule has 1 saturated heterocycles. The molecule has 3 aliphatic rings. The first-order valence-electron chi connectivity index (χ1n) is 11.0. The van der Waals surface area contributed by atoms with Crippen molar-refractivity contribution in [1.82, 2.24) is 9.80 Å². The molecule has 0 radical (unpaired) electrons. The molecule has 4 rings (SSSR count). The number of nitriles is 1. The van der Waals surface area contributed by atoms with Crippen LogP contribution in [0.1, 0.15) is 38.2 Å². The van der Waals surface area contributed by atoms with E-state index in [0.717, 1.165) is 37.5 Å². The molecule has 1 aromatic carbocycles. The maximum absolute atomic E-state index is 13.2. The van der Waals surface area contributed by atoms with Gasteiger partial charge in [-0.1, -0.05) is 26.0 Å². The fourth-order valence-electron chi connectivity index (χ4n) is 4.54. The molecule has 0 aromatic heterocycles. The van der Waals surface area contributed by atoms with E-state index in [2.05, 4.69) is 41.8 Å². The van der Waals surface area contributed by atoms with E-state index in [1.54, 1.807) is 13.4 Å². The van der Waals surface area contributed by atoms with E-state index in [1.807, 2.05) is 24.3 Å². The Kier molecular flexibility index (Phi) is 6.07. The number of ether oxygens (including phenoxy) is 2. The van der Waals surface area contributed by atoms with E-state index in [0.29, 0.717) is 29.7 Å². The van der Waals surface area contributed by atoms with Crippen molar-refractivity contribution in [3.63, 3.8) is 0 Å². The SMILES string of the molecule is COc1ccc(C2C(C#N)=C(N=CN3CCN(C)CC3)OC3=C2C(=O)CC(C)(C)C3)cc1. The van der Waals surface area contributed by atoms with Gasteiger partial charge in [-0.3, -0.25) is 4.79 Å². The van der Waals surface area contributed by atoms with Crippen LogP contribution in [-0.2, 0) is 9.53 Å². The summed E-state index contributed by atoms with van der Waals surface area (Å²) in [6.45, 7) is 7.80. The molecule has 0 amide bonds. The van der Waals surface area contributed by atoms with Gasteiger partial charge in [0.25, 0.3) is 0 Å². The maximum atomic E-state index is 13.2. The van der Waals surface area contributed by atoms with Gasteiger partial charge in [-0.25, -0.2) is 4.99 Å². The monoisotopic (exact) mass is 434 g/mol. The number of aliphatic imine (C=N–C) groups is 1. The van der Waals surface area contributed by atoms with Crippen LogP contribution in [0.25, 0.3) is 0 Å². The van der Waals surface area contributed by atoms with Crippen LogP contribution in [0.2, 0.25) is 0 Å². The minimum absolute atomic E-state index is 0.0342. The number of ketones is 1. The van der Waals surface area contributed by atoms with Gasteiger partial charge in [-0.2, -0.15) is 5.26 Å². The lowest BCUT2D eigenvalue weighted by atomic mass is 9.70. The highest BCUT2D eigenvalue weighted by molar-refractivity contribution is 6.00. The van der Waals surface area contributed by atoms with Gasteiger partial charge in [-0.05, 0) is 30.2 Å². The molecular weight excluding hydrogens is 404 g/mol. The number of benzene rings is 1. The normalized spacial score (nSPS) is 23.8. The van der Waals surface area contributed by atoms with Crippen molar-refractivity contribution in [1.29, 1.82) is 5.26 Å². The summed E-state index contributed by atoms with van der Waals surface area (Å²) in [7, 11) is 3.72. The van der Waals surface area contributed by atoms with E-state index in [4.69, 9.17) is 9.47 Å². The molecule has 1 fully saturated rings. The Morgan fingerprint density at radius 2 is 1.88 bits per heavy atom. The molecule has 1 aromatic rings. The molecule has 1 aliphatic carbocycles. The van der Waals surface area contributed by atoms with E-state index < -0.39 is 5.92 Å². The minimum Gasteiger partial charge on any atom is -0.497 e. The molecule has 0 N–H and O–H groups in total. The van der Waals surface area contributed by atoms with Crippen molar-refractivity contribution in [3.8, 4) is 11.8 Å².